The van der Waals surface area contributed by atoms with E-state index in [2.05, 4.69) is 19.2 Å². The lowest BCUT2D eigenvalue weighted by molar-refractivity contribution is 0.107. The van der Waals surface area contributed by atoms with Crippen LogP contribution in [0.5, 0.6) is 0 Å². The Bertz CT molecular complexity index is 178. The Morgan fingerprint density at radius 3 is 2.50 bits per heavy atom. The molecule has 1 rings (SSSR count). The van der Waals surface area contributed by atoms with E-state index >= 15 is 0 Å². The summed E-state index contributed by atoms with van der Waals surface area (Å²) in [5.41, 5.74) is 0. The molecule has 0 aromatic heterocycles. The van der Waals surface area contributed by atoms with Crippen LogP contribution < -0.4 is 5.32 Å². The van der Waals surface area contributed by atoms with E-state index in [1.807, 2.05) is 0 Å². The highest BCUT2D eigenvalue weighted by Gasteiger charge is 2.15. The molecule has 1 aliphatic rings. The summed E-state index contributed by atoms with van der Waals surface area (Å²) in [6, 6.07) is 0.657. The minimum absolute atomic E-state index is 0.487. The van der Waals surface area contributed by atoms with Gasteiger partial charge in [-0.3, -0.25) is 0 Å². The zero-order chi connectivity index (χ0) is 13.1. The van der Waals surface area contributed by atoms with Gasteiger partial charge in [0.05, 0.1) is 6.10 Å². The molecule has 2 heteroatoms. The minimum Gasteiger partial charge on any atom is -0.377 e. The van der Waals surface area contributed by atoms with Crippen LogP contribution in [0.25, 0.3) is 0 Å². The molecule has 0 aliphatic carbocycles. The van der Waals surface area contributed by atoms with Crippen molar-refractivity contribution in [2.45, 2.75) is 90.2 Å². The summed E-state index contributed by atoms with van der Waals surface area (Å²) in [6.07, 6.45) is 14.2. The first-order valence-electron chi connectivity index (χ1n) is 8.18. The van der Waals surface area contributed by atoms with Crippen molar-refractivity contribution in [2.75, 3.05) is 13.2 Å². The molecule has 1 aliphatic heterocycles. The summed E-state index contributed by atoms with van der Waals surface area (Å²) < 4.78 is 5.62. The predicted molar refractivity (Wildman–Crippen MR) is 79.0 cm³/mol. The molecule has 0 aromatic carbocycles. The lowest BCUT2D eigenvalue weighted by Gasteiger charge is -2.16. The molecule has 18 heavy (non-hydrogen) atoms. The van der Waals surface area contributed by atoms with Crippen LogP contribution >= 0.6 is 0 Å². The Morgan fingerprint density at radius 2 is 1.83 bits per heavy atom. The largest absolute Gasteiger partial charge is 0.377 e. The van der Waals surface area contributed by atoms with Crippen LogP contribution in [-0.2, 0) is 4.74 Å². The van der Waals surface area contributed by atoms with Crippen molar-refractivity contribution in [3.63, 3.8) is 0 Å². The molecule has 108 valence electrons. The molecule has 1 saturated heterocycles. The SMILES string of the molecule is CCCCCCCCCC(C)NCC1CCCO1. The fourth-order valence-corrected chi connectivity index (χ4v) is 2.65. The van der Waals surface area contributed by atoms with Crippen molar-refractivity contribution in [1.29, 1.82) is 0 Å². The zero-order valence-corrected chi connectivity index (χ0v) is 12.5. The van der Waals surface area contributed by atoms with Crippen molar-refractivity contribution in [2.24, 2.45) is 0 Å². The van der Waals surface area contributed by atoms with Gasteiger partial charge in [0.25, 0.3) is 0 Å². The second-order valence-electron chi connectivity index (χ2n) is 5.85. The molecule has 0 aromatic rings. The minimum atomic E-state index is 0.487. The van der Waals surface area contributed by atoms with Gasteiger partial charge in [-0.25, -0.2) is 0 Å². The smallest absolute Gasteiger partial charge is 0.0700 e. The molecule has 2 unspecified atom stereocenters. The molecule has 1 heterocycles. The molecule has 0 amide bonds. The zero-order valence-electron chi connectivity index (χ0n) is 12.5. The lowest BCUT2D eigenvalue weighted by Crippen LogP contribution is -2.33. The van der Waals surface area contributed by atoms with Gasteiger partial charge < -0.3 is 10.1 Å². The number of unbranched alkanes of at least 4 members (excludes halogenated alkanes) is 6. The van der Waals surface area contributed by atoms with E-state index in [1.165, 1.54) is 64.2 Å². The third kappa shape index (κ3) is 8.10. The van der Waals surface area contributed by atoms with Gasteiger partial charge in [0.2, 0.25) is 0 Å². The second-order valence-corrected chi connectivity index (χ2v) is 5.85. The Labute approximate surface area is 114 Å². The van der Waals surface area contributed by atoms with Crippen molar-refractivity contribution >= 4 is 0 Å². The van der Waals surface area contributed by atoms with Crippen LogP contribution in [0, 0.1) is 0 Å². The number of ether oxygens (including phenoxy) is 1. The normalized spacial score (nSPS) is 21.3. The Hall–Kier alpha value is -0.0800. The van der Waals surface area contributed by atoms with E-state index in [-0.39, 0.29) is 0 Å². The van der Waals surface area contributed by atoms with E-state index in [1.54, 1.807) is 0 Å². The highest BCUT2D eigenvalue weighted by molar-refractivity contribution is 4.70. The van der Waals surface area contributed by atoms with Crippen molar-refractivity contribution in [3.05, 3.63) is 0 Å². The first-order chi connectivity index (χ1) is 8.83. The van der Waals surface area contributed by atoms with Gasteiger partial charge >= 0.3 is 0 Å². The van der Waals surface area contributed by atoms with E-state index in [9.17, 15) is 0 Å². The summed E-state index contributed by atoms with van der Waals surface area (Å²) in [5.74, 6) is 0. The summed E-state index contributed by atoms with van der Waals surface area (Å²) in [4.78, 5) is 0. The van der Waals surface area contributed by atoms with E-state index in [0.717, 1.165) is 13.2 Å². The molecule has 1 fully saturated rings. The van der Waals surface area contributed by atoms with E-state index in [4.69, 9.17) is 4.74 Å². The van der Waals surface area contributed by atoms with Crippen LogP contribution in [0.2, 0.25) is 0 Å². The number of hydrogen-bond acceptors (Lipinski definition) is 2. The molecular weight excluding hydrogens is 222 g/mol. The van der Waals surface area contributed by atoms with Crippen LogP contribution in [-0.4, -0.2) is 25.3 Å². The molecule has 0 saturated carbocycles. The van der Waals surface area contributed by atoms with Gasteiger partial charge in [0.1, 0.15) is 0 Å². The molecule has 1 N–H and O–H groups in total. The average molecular weight is 255 g/mol. The Kier molecular flexibility index (Phi) is 9.59. The molecule has 0 spiro atoms. The average Bonchev–Trinajstić information content (AvgIpc) is 2.88. The van der Waals surface area contributed by atoms with Crippen LogP contribution in [0.1, 0.15) is 78.1 Å². The third-order valence-corrected chi connectivity index (χ3v) is 3.96. The molecule has 0 radical (unpaired) electrons. The second kappa shape index (κ2) is 10.8. The van der Waals surface area contributed by atoms with Gasteiger partial charge in [0.15, 0.2) is 0 Å². The Morgan fingerprint density at radius 1 is 1.11 bits per heavy atom. The van der Waals surface area contributed by atoms with E-state index in [0.29, 0.717) is 12.1 Å². The summed E-state index contributed by atoms with van der Waals surface area (Å²) in [7, 11) is 0. The highest BCUT2D eigenvalue weighted by Crippen LogP contribution is 2.12. The molecular formula is C16H33NO. The fraction of sp³-hybridized carbons (Fsp3) is 1.00. The van der Waals surface area contributed by atoms with Gasteiger partial charge in [-0.05, 0) is 26.2 Å². The summed E-state index contributed by atoms with van der Waals surface area (Å²) in [5, 5.41) is 3.61. The topological polar surface area (TPSA) is 21.3 Å². The van der Waals surface area contributed by atoms with Crippen molar-refractivity contribution < 1.29 is 4.74 Å². The Balaban J connectivity index is 1.82. The highest BCUT2D eigenvalue weighted by atomic mass is 16.5. The maximum absolute atomic E-state index is 5.62. The maximum Gasteiger partial charge on any atom is 0.0700 e. The van der Waals surface area contributed by atoms with Gasteiger partial charge in [0, 0.05) is 19.2 Å². The van der Waals surface area contributed by atoms with Crippen LogP contribution in [0.3, 0.4) is 0 Å². The van der Waals surface area contributed by atoms with Gasteiger partial charge in [-0.1, -0.05) is 51.9 Å². The first-order valence-corrected chi connectivity index (χ1v) is 8.18. The maximum atomic E-state index is 5.62. The van der Waals surface area contributed by atoms with E-state index < -0.39 is 0 Å². The number of rotatable bonds is 11. The number of hydrogen-bond donors (Lipinski definition) is 1. The summed E-state index contributed by atoms with van der Waals surface area (Å²) >= 11 is 0. The number of nitrogens with one attached hydrogen (secondary N) is 1. The van der Waals surface area contributed by atoms with Crippen LogP contribution in [0.4, 0.5) is 0 Å². The quantitative estimate of drug-likeness (QED) is 0.556. The summed E-state index contributed by atoms with van der Waals surface area (Å²) in [6.45, 7) is 6.61. The monoisotopic (exact) mass is 255 g/mol. The lowest BCUT2D eigenvalue weighted by atomic mass is 10.1. The standard InChI is InChI=1S/C16H33NO/c1-3-4-5-6-7-8-9-11-15(2)17-14-16-12-10-13-18-16/h15-17H,3-14H2,1-2H3. The predicted octanol–water partition coefficient (Wildman–Crippen LogP) is 4.28. The van der Waals surface area contributed by atoms with Crippen molar-refractivity contribution in [3.8, 4) is 0 Å². The third-order valence-electron chi connectivity index (χ3n) is 3.96. The molecule has 0 bridgehead atoms. The van der Waals surface area contributed by atoms with Gasteiger partial charge in [-0.2, -0.15) is 0 Å². The van der Waals surface area contributed by atoms with Crippen molar-refractivity contribution in [1.82, 2.24) is 5.32 Å². The molecule has 2 nitrogen and oxygen atoms in total. The first kappa shape index (κ1) is 16.0. The van der Waals surface area contributed by atoms with Gasteiger partial charge in [-0.15, -0.1) is 0 Å². The fourth-order valence-electron chi connectivity index (χ4n) is 2.65. The molecule has 2 atom stereocenters. The van der Waals surface area contributed by atoms with Crippen LogP contribution in [0.15, 0.2) is 0 Å².